The molecule has 0 aliphatic heterocycles. The first-order valence-electron chi connectivity index (χ1n) is 4.85. The van der Waals surface area contributed by atoms with Crippen LogP contribution in [-0.2, 0) is 4.74 Å². The molecule has 1 rings (SSSR count). The number of nitro groups is 1. The summed E-state index contributed by atoms with van der Waals surface area (Å²) in [6.07, 6.45) is -2.51. The molecular formula is C9H12F3N3O3. The average Bonchev–Trinajstić information content (AvgIpc) is 2.17. The molecular weight excluding hydrogens is 255 g/mol. The molecule has 9 heteroatoms. The number of nitrogens with zero attached hydrogens (tertiary/aromatic N) is 1. The van der Waals surface area contributed by atoms with Crippen LogP contribution in [0.4, 0.5) is 13.2 Å². The maximum Gasteiger partial charge on any atom is 0.422 e. The predicted octanol–water partition coefficient (Wildman–Crippen LogP) is 0.668. The number of halogens is 3. The van der Waals surface area contributed by atoms with Crippen LogP contribution in [0.1, 0.15) is 6.92 Å². The molecule has 0 aromatic carbocycles. The fourth-order valence-electron chi connectivity index (χ4n) is 1.46. The molecule has 1 aliphatic carbocycles. The fraction of sp³-hybridized carbons (Fsp3) is 0.556. The average molecular weight is 267 g/mol. The van der Waals surface area contributed by atoms with Gasteiger partial charge in [0.2, 0.25) is 0 Å². The maximum atomic E-state index is 12.0. The second-order valence-electron chi connectivity index (χ2n) is 4.13. The molecule has 6 nitrogen and oxygen atoms in total. The van der Waals surface area contributed by atoms with Gasteiger partial charge in [0, 0.05) is 11.0 Å². The number of nitrogens with two attached hydrogens (primary N) is 2. The van der Waals surface area contributed by atoms with Crippen molar-refractivity contribution < 1.29 is 22.8 Å². The summed E-state index contributed by atoms with van der Waals surface area (Å²) < 4.78 is 40.4. The van der Waals surface area contributed by atoms with E-state index in [0.717, 1.165) is 12.2 Å². The van der Waals surface area contributed by atoms with Crippen LogP contribution in [0.5, 0.6) is 0 Å². The number of hydrogen-bond acceptors (Lipinski definition) is 5. The molecule has 102 valence electrons. The monoisotopic (exact) mass is 267 g/mol. The summed E-state index contributed by atoms with van der Waals surface area (Å²) in [4.78, 5) is 10.1. The zero-order chi connectivity index (χ0) is 14.1. The molecule has 2 unspecified atom stereocenters. The van der Waals surface area contributed by atoms with E-state index in [4.69, 9.17) is 11.5 Å². The lowest BCUT2D eigenvalue weighted by molar-refractivity contribution is -0.517. The van der Waals surface area contributed by atoms with Crippen molar-refractivity contribution in [3.8, 4) is 0 Å². The van der Waals surface area contributed by atoms with Crippen molar-refractivity contribution in [2.75, 3.05) is 6.61 Å². The van der Waals surface area contributed by atoms with Gasteiger partial charge in [0.25, 0.3) is 6.04 Å². The van der Waals surface area contributed by atoms with Crippen LogP contribution in [0.2, 0.25) is 0 Å². The van der Waals surface area contributed by atoms with Crippen LogP contribution in [0.25, 0.3) is 0 Å². The van der Waals surface area contributed by atoms with Gasteiger partial charge in [-0.05, 0) is 13.0 Å². The first-order valence-corrected chi connectivity index (χ1v) is 4.85. The smallest absolute Gasteiger partial charge is 0.422 e. The molecule has 0 saturated heterocycles. The molecule has 0 fully saturated rings. The van der Waals surface area contributed by atoms with Crippen molar-refractivity contribution in [3.05, 3.63) is 33.7 Å². The van der Waals surface area contributed by atoms with Crippen molar-refractivity contribution in [2.45, 2.75) is 24.7 Å². The van der Waals surface area contributed by atoms with E-state index in [2.05, 4.69) is 4.74 Å². The normalized spacial score (nSPS) is 28.4. The van der Waals surface area contributed by atoms with Gasteiger partial charge in [-0.3, -0.25) is 10.1 Å². The number of hydrogen-bond donors (Lipinski definition) is 2. The van der Waals surface area contributed by atoms with Gasteiger partial charge in [0.1, 0.15) is 11.3 Å². The molecule has 2 atom stereocenters. The molecule has 0 aromatic heterocycles. The minimum Gasteiger partial charge on any atom is -0.482 e. The highest BCUT2D eigenvalue weighted by molar-refractivity contribution is 5.34. The van der Waals surface area contributed by atoms with Crippen molar-refractivity contribution in [2.24, 2.45) is 11.5 Å². The van der Waals surface area contributed by atoms with E-state index in [1.54, 1.807) is 0 Å². The van der Waals surface area contributed by atoms with Gasteiger partial charge in [0.05, 0.1) is 5.70 Å². The Bertz CT molecular complexity index is 415. The van der Waals surface area contributed by atoms with E-state index in [-0.39, 0.29) is 11.5 Å². The molecule has 0 spiro atoms. The molecule has 4 N–H and O–H groups in total. The summed E-state index contributed by atoms with van der Waals surface area (Å²) in [6, 6.07) is -1.31. The van der Waals surface area contributed by atoms with Gasteiger partial charge in [0.15, 0.2) is 6.61 Å². The van der Waals surface area contributed by atoms with E-state index >= 15 is 0 Å². The highest BCUT2D eigenvalue weighted by Gasteiger charge is 2.41. The Balaban J connectivity index is 2.90. The van der Waals surface area contributed by atoms with Gasteiger partial charge in [-0.25, -0.2) is 0 Å². The van der Waals surface area contributed by atoms with Gasteiger partial charge < -0.3 is 16.2 Å². The standard InChI is InChI=1S/C9H12F3N3O3/c1-8(14)3-6(18-4-9(10,11)12)5(13)2-7(8)15(16)17/h2-3,7H,4,13-14H2,1H3. The molecule has 0 bridgehead atoms. The van der Waals surface area contributed by atoms with Crippen LogP contribution >= 0.6 is 0 Å². The number of rotatable bonds is 3. The first-order chi connectivity index (χ1) is 8.03. The first kappa shape index (κ1) is 14.3. The maximum absolute atomic E-state index is 12.0. The lowest BCUT2D eigenvalue weighted by atomic mass is 9.88. The summed E-state index contributed by atoms with van der Waals surface area (Å²) in [6.45, 7) is -0.229. The molecule has 0 amide bonds. The van der Waals surface area contributed by atoms with Gasteiger partial charge in [-0.2, -0.15) is 13.2 Å². The van der Waals surface area contributed by atoms with Gasteiger partial charge >= 0.3 is 6.18 Å². The number of alkyl halides is 3. The second kappa shape index (κ2) is 4.48. The van der Waals surface area contributed by atoms with Crippen LogP contribution < -0.4 is 11.5 Å². The summed E-state index contributed by atoms with van der Waals surface area (Å²) in [5, 5.41) is 10.7. The Morgan fingerprint density at radius 3 is 2.61 bits per heavy atom. The molecule has 0 saturated carbocycles. The minimum atomic E-state index is -4.52. The van der Waals surface area contributed by atoms with Crippen molar-refractivity contribution in [3.63, 3.8) is 0 Å². The topological polar surface area (TPSA) is 104 Å². The Morgan fingerprint density at radius 2 is 2.17 bits per heavy atom. The van der Waals surface area contributed by atoms with Gasteiger partial charge in [-0.15, -0.1) is 0 Å². The summed E-state index contributed by atoms with van der Waals surface area (Å²) in [5.41, 5.74) is 9.34. The third-order valence-electron chi connectivity index (χ3n) is 2.32. The third kappa shape index (κ3) is 3.36. The van der Waals surface area contributed by atoms with E-state index in [0.29, 0.717) is 0 Å². The Morgan fingerprint density at radius 1 is 1.61 bits per heavy atom. The van der Waals surface area contributed by atoms with E-state index in [9.17, 15) is 23.3 Å². The van der Waals surface area contributed by atoms with E-state index < -0.39 is 29.3 Å². The molecule has 18 heavy (non-hydrogen) atoms. The lowest BCUT2D eigenvalue weighted by Gasteiger charge is -2.28. The Labute approximate surface area is 100 Å². The van der Waals surface area contributed by atoms with Crippen LogP contribution in [0.3, 0.4) is 0 Å². The minimum absolute atomic E-state index is 0.233. The van der Waals surface area contributed by atoms with E-state index in [1.807, 2.05) is 0 Å². The summed E-state index contributed by atoms with van der Waals surface area (Å²) in [7, 11) is 0. The van der Waals surface area contributed by atoms with Crippen LogP contribution in [0.15, 0.2) is 23.6 Å². The zero-order valence-electron chi connectivity index (χ0n) is 9.40. The SMILES string of the molecule is CC1(N)C=C(OCC(F)(F)F)C(N)=CC1[N+](=O)[O-]. The Hall–Kier alpha value is -1.77. The van der Waals surface area contributed by atoms with Crippen molar-refractivity contribution in [1.29, 1.82) is 0 Å². The zero-order valence-corrected chi connectivity index (χ0v) is 9.40. The fourth-order valence-corrected chi connectivity index (χ4v) is 1.46. The number of ether oxygens (including phenoxy) is 1. The second-order valence-corrected chi connectivity index (χ2v) is 4.13. The molecule has 1 aliphatic rings. The highest BCUT2D eigenvalue weighted by atomic mass is 19.4. The largest absolute Gasteiger partial charge is 0.482 e. The van der Waals surface area contributed by atoms with Crippen molar-refractivity contribution in [1.82, 2.24) is 0 Å². The molecule has 0 aromatic rings. The summed E-state index contributed by atoms with van der Waals surface area (Å²) >= 11 is 0. The predicted molar refractivity (Wildman–Crippen MR) is 55.7 cm³/mol. The highest BCUT2D eigenvalue weighted by Crippen LogP contribution is 2.26. The lowest BCUT2D eigenvalue weighted by Crippen LogP contribution is -2.52. The third-order valence-corrected chi connectivity index (χ3v) is 2.32. The quantitative estimate of drug-likeness (QED) is 0.577. The molecule has 0 heterocycles. The molecule has 0 radical (unpaired) electrons. The summed E-state index contributed by atoms with van der Waals surface area (Å²) in [5.74, 6) is -0.296. The van der Waals surface area contributed by atoms with Gasteiger partial charge in [-0.1, -0.05) is 0 Å². The van der Waals surface area contributed by atoms with Crippen LogP contribution in [-0.4, -0.2) is 29.3 Å². The van der Waals surface area contributed by atoms with Crippen molar-refractivity contribution >= 4 is 0 Å². The van der Waals surface area contributed by atoms with E-state index in [1.165, 1.54) is 6.92 Å². The van der Waals surface area contributed by atoms with Crippen LogP contribution in [0, 0.1) is 10.1 Å². The Kier molecular flexibility index (Phi) is 3.56.